The van der Waals surface area contributed by atoms with Gasteiger partial charge in [-0.25, -0.2) is 0 Å². The van der Waals surface area contributed by atoms with Gasteiger partial charge < -0.3 is 15.0 Å². The van der Waals surface area contributed by atoms with Crippen LogP contribution in [0.4, 0.5) is 0 Å². The predicted octanol–water partition coefficient (Wildman–Crippen LogP) is 3.52. The van der Waals surface area contributed by atoms with Gasteiger partial charge in [-0.1, -0.05) is 41.9 Å². The predicted molar refractivity (Wildman–Crippen MR) is 105 cm³/mol. The number of nitrogens with zero attached hydrogens (tertiary/aromatic N) is 1. The van der Waals surface area contributed by atoms with E-state index in [1.165, 1.54) is 0 Å². The van der Waals surface area contributed by atoms with Gasteiger partial charge in [0.15, 0.2) is 0 Å². The summed E-state index contributed by atoms with van der Waals surface area (Å²) in [5.41, 5.74) is 1.41. The van der Waals surface area contributed by atoms with E-state index in [1.54, 1.807) is 36.3 Å². The highest BCUT2D eigenvalue weighted by molar-refractivity contribution is 6.33. The largest absolute Gasteiger partial charge is 0.496 e. The summed E-state index contributed by atoms with van der Waals surface area (Å²) in [7, 11) is 1.61. The molecule has 3 rings (SSSR count). The number of para-hydroxylation sites is 1. The summed E-state index contributed by atoms with van der Waals surface area (Å²) in [6.07, 6.45) is 1.56. The quantitative estimate of drug-likeness (QED) is 0.855. The number of carbonyl (C=O) groups is 2. The fourth-order valence-electron chi connectivity index (χ4n) is 3.36. The van der Waals surface area contributed by atoms with Crippen LogP contribution >= 0.6 is 11.6 Å². The summed E-state index contributed by atoms with van der Waals surface area (Å²) >= 11 is 6.14. The zero-order chi connectivity index (χ0) is 19.2. The average Bonchev–Trinajstić information content (AvgIpc) is 2.72. The van der Waals surface area contributed by atoms with Crippen molar-refractivity contribution in [1.29, 1.82) is 0 Å². The summed E-state index contributed by atoms with van der Waals surface area (Å²) in [6.45, 7) is 1.44. The third-order valence-electron chi connectivity index (χ3n) is 4.83. The fourth-order valence-corrected chi connectivity index (χ4v) is 3.57. The van der Waals surface area contributed by atoms with Crippen LogP contribution in [0.5, 0.6) is 5.75 Å². The van der Waals surface area contributed by atoms with Crippen molar-refractivity contribution in [3.63, 3.8) is 0 Å². The molecular weight excluding hydrogens is 364 g/mol. The Labute approximate surface area is 164 Å². The lowest BCUT2D eigenvalue weighted by molar-refractivity contribution is -0.126. The van der Waals surface area contributed by atoms with Crippen molar-refractivity contribution >= 4 is 23.4 Å². The van der Waals surface area contributed by atoms with Gasteiger partial charge in [-0.2, -0.15) is 0 Å². The lowest BCUT2D eigenvalue weighted by Crippen LogP contribution is -2.45. The van der Waals surface area contributed by atoms with E-state index < -0.39 is 0 Å². The van der Waals surface area contributed by atoms with Gasteiger partial charge in [-0.3, -0.25) is 9.59 Å². The first-order chi connectivity index (χ1) is 13.1. The molecule has 0 aromatic heterocycles. The number of piperidine rings is 1. The third kappa shape index (κ3) is 4.61. The van der Waals surface area contributed by atoms with E-state index in [4.69, 9.17) is 16.3 Å². The molecule has 1 fully saturated rings. The molecule has 1 unspecified atom stereocenters. The SMILES string of the molecule is COc1ccccc1CNC(=O)C1CCCN(C(=O)c2ccccc2Cl)C1. The van der Waals surface area contributed by atoms with Crippen LogP contribution in [0.3, 0.4) is 0 Å². The van der Waals surface area contributed by atoms with Crippen LogP contribution < -0.4 is 10.1 Å². The number of ether oxygens (including phenoxy) is 1. The van der Waals surface area contributed by atoms with E-state index in [1.807, 2.05) is 24.3 Å². The molecule has 1 saturated heterocycles. The Balaban J connectivity index is 1.61. The maximum atomic E-state index is 12.7. The minimum absolute atomic E-state index is 0.0439. The van der Waals surface area contributed by atoms with Crippen molar-refractivity contribution in [2.24, 2.45) is 5.92 Å². The molecule has 5 nitrogen and oxygen atoms in total. The first-order valence-corrected chi connectivity index (χ1v) is 9.41. The molecule has 6 heteroatoms. The Morgan fingerprint density at radius 1 is 1.19 bits per heavy atom. The zero-order valence-electron chi connectivity index (χ0n) is 15.3. The van der Waals surface area contributed by atoms with Gasteiger partial charge >= 0.3 is 0 Å². The van der Waals surface area contributed by atoms with E-state index >= 15 is 0 Å². The summed E-state index contributed by atoms with van der Waals surface area (Å²) in [5.74, 6) is 0.359. The number of hydrogen-bond acceptors (Lipinski definition) is 3. The fraction of sp³-hybridized carbons (Fsp3) is 0.333. The van der Waals surface area contributed by atoms with Crippen molar-refractivity contribution in [2.45, 2.75) is 19.4 Å². The first-order valence-electron chi connectivity index (χ1n) is 9.03. The van der Waals surface area contributed by atoms with Gasteiger partial charge in [0.1, 0.15) is 5.75 Å². The highest BCUT2D eigenvalue weighted by atomic mass is 35.5. The van der Waals surface area contributed by atoms with Crippen molar-refractivity contribution in [3.05, 3.63) is 64.7 Å². The topological polar surface area (TPSA) is 58.6 Å². The van der Waals surface area contributed by atoms with E-state index in [-0.39, 0.29) is 17.7 Å². The minimum atomic E-state index is -0.222. The summed E-state index contributed by atoms with van der Waals surface area (Å²) in [6, 6.07) is 14.6. The molecule has 27 heavy (non-hydrogen) atoms. The number of likely N-dealkylation sites (tertiary alicyclic amines) is 1. The second kappa shape index (κ2) is 8.91. The van der Waals surface area contributed by atoms with Gasteiger partial charge in [-0.05, 0) is 31.0 Å². The first kappa shape index (κ1) is 19.2. The molecular formula is C21H23ClN2O3. The molecule has 2 aromatic rings. The Morgan fingerprint density at radius 2 is 1.93 bits per heavy atom. The molecule has 0 radical (unpaired) electrons. The van der Waals surface area contributed by atoms with Crippen LogP contribution in [0, 0.1) is 5.92 Å². The van der Waals surface area contributed by atoms with E-state index in [0.29, 0.717) is 30.2 Å². The zero-order valence-corrected chi connectivity index (χ0v) is 16.0. The van der Waals surface area contributed by atoms with Crippen LogP contribution in [0.15, 0.2) is 48.5 Å². The molecule has 0 bridgehead atoms. The Hall–Kier alpha value is -2.53. The van der Waals surface area contributed by atoms with Crippen LogP contribution in [-0.2, 0) is 11.3 Å². The average molecular weight is 387 g/mol. The van der Waals surface area contributed by atoms with Gasteiger partial charge in [0, 0.05) is 25.2 Å². The summed E-state index contributed by atoms with van der Waals surface area (Å²) in [4.78, 5) is 27.1. The van der Waals surface area contributed by atoms with Crippen LogP contribution in [0.2, 0.25) is 5.02 Å². The summed E-state index contributed by atoms with van der Waals surface area (Å²) in [5, 5.41) is 3.41. The van der Waals surface area contributed by atoms with Gasteiger partial charge in [0.25, 0.3) is 5.91 Å². The van der Waals surface area contributed by atoms with Crippen molar-refractivity contribution in [1.82, 2.24) is 10.2 Å². The monoisotopic (exact) mass is 386 g/mol. The number of methoxy groups -OCH3 is 1. The lowest BCUT2D eigenvalue weighted by Gasteiger charge is -2.32. The number of rotatable bonds is 5. The van der Waals surface area contributed by atoms with Crippen molar-refractivity contribution in [3.8, 4) is 5.75 Å². The number of carbonyl (C=O) groups excluding carboxylic acids is 2. The summed E-state index contributed by atoms with van der Waals surface area (Å²) < 4.78 is 5.32. The van der Waals surface area contributed by atoms with E-state index in [9.17, 15) is 9.59 Å². The minimum Gasteiger partial charge on any atom is -0.496 e. The standard InChI is InChI=1S/C21H23ClN2O3/c1-27-19-11-5-2-7-15(19)13-23-20(25)16-8-6-12-24(14-16)21(26)17-9-3-4-10-18(17)22/h2-5,7,9-11,16H,6,8,12-14H2,1H3,(H,23,25). The third-order valence-corrected chi connectivity index (χ3v) is 5.16. The Bertz CT molecular complexity index is 825. The Kier molecular flexibility index (Phi) is 6.35. The van der Waals surface area contributed by atoms with Crippen molar-refractivity contribution < 1.29 is 14.3 Å². The van der Waals surface area contributed by atoms with E-state index in [2.05, 4.69) is 5.32 Å². The van der Waals surface area contributed by atoms with Gasteiger partial charge in [0.2, 0.25) is 5.91 Å². The number of nitrogens with one attached hydrogen (secondary N) is 1. The molecule has 1 aliphatic heterocycles. The second-order valence-corrected chi connectivity index (χ2v) is 7.01. The molecule has 0 saturated carbocycles. The molecule has 1 heterocycles. The molecule has 0 spiro atoms. The number of halogens is 1. The highest BCUT2D eigenvalue weighted by Crippen LogP contribution is 2.23. The molecule has 2 amide bonds. The highest BCUT2D eigenvalue weighted by Gasteiger charge is 2.29. The molecule has 1 aliphatic rings. The number of amides is 2. The number of benzene rings is 2. The molecule has 142 valence electrons. The molecule has 0 aliphatic carbocycles. The van der Waals surface area contributed by atoms with Crippen LogP contribution in [0.1, 0.15) is 28.8 Å². The normalized spacial score (nSPS) is 16.7. The molecule has 1 N–H and O–H groups in total. The lowest BCUT2D eigenvalue weighted by atomic mass is 9.96. The second-order valence-electron chi connectivity index (χ2n) is 6.60. The Morgan fingerprint density at radius 3 is 2.70 bits per heavy atom. The van der Waals surface area contributed by atoms with Gasteiger partial charge in [0.05, 0.1) is 23.6 Å². The number of hydrogen-bond donors (Lipinski definition) is 1. The van der Waals surface area contributed by atoms with Crippen molar-refractivity contribution in [2.75, 3.05) is 20.2 Å². The maximum absolute atomic E-state index is 12.7. The van der Waals surface area contributed by atoms with Crippen LogP contribution in [0.25, 0.3) is 0 Å². The molecule has 2 aromatic carbocycles. The van der Waals surface area contributed by atoms with E-state index in [0.717, 1.165) is 24.2 Å². The maximum Gasteiger partial charge on any atom is 0.255 e. The van der Waals surface area contributed by atoms with Crippen LogP contribution in [-0.4, -0.2) is 36.9 Å². The van der Waals surface area contributed by atoms with Gasteiger partial charge in [-0.15, -0.1) is 0 Å². The smallest absolute Gasteiger partial charge is 0.255 e. The molecule has 1 atom stereocenters.